The Balaban J connectivity index is 1.35. The standard InChI is InChI=1S/C29H25Cl4O18P3/c1-10-11(2)46-22(26(10)34)9-45-52(38,39)50-54(42,43)51-53(40,41)49-21-8-19-14(6-16(21)31)29(13-5-15(30)20(44-3)7-18(13)47-19)24-23(28(37)48-29)17(32)4-12(25(24)33)27(35)36/h4-8,10-11,22,26,34H,9H2,1-3H3,(H,35,36)(H,38,39)(H,40,41)(H,42,43)/t10-,11+,22-,26?,29?/m1/s1. The van der Waals surface area contributed by atoms with Crippen molar-refractivity contribution in [1.29, 1.82) is 0 Å². The zero-order valence-corrected chi connectivity index (χ0v) is 33.0. The number of carbonyl (C=O) groups excluding carboxylic acids is 1. The van der Waals surface area contributed by atoms with Crippen LogP contribution in [0.25, 0.3) is 0 Å². The van der Waals surface area contributed by atoms with Crippen LogP contribution in [0.2, 0.25) is 20.1 Å². The van der Waals surface area contributed by atoms with Crippen LogP contribution in [0.15, 0.2) is 30.3 Å². The number of aliphatic hydroxyl groups is 1. The predicted molar refractivity (Wildman–Crippen MR) is 186 cm³/mol. The Hall–Kier alpha value is -2.47. The van der Waals surface area contributed by atoms with Crippen molar-refractivity contribution in [3.05, 3.63) is 78.2 Å². The number of ether oxygens (including phenoxy) is 4. The van der Waals surface area contributed by atoms with Crippen molar-refractivity contribution in [2.45, 2.75) is 37.8 Å². The molecule has 5 unspecified atom stereocenters. The van der Waals surface area contributed by atoms with E-state index in [4.69, 9.17) is 69.9 Å². The van der Waals surface area contributed by atoms with Gasteiger partial charge in [0.15, 0.2) is 11.4 Å². The van der Waals surface area contributed by atoms with Crippen molar-refractivity contribution in [3.8, 4) is 23.0 Å². The molecule has 1 saturated heterocycles. The number of carboxylic acid groups (broad SMARTS) is 1. The zero-order valence-electron chi connectivity index (χ0n) is 27.3. The SMILES string of the molecule is COc1cc2c(cc1Cl)C1(OC(=O)c3c(Cl)cc(C(=O)O)c(Cl)c31)c1cc(Cl)c(OP(=O)(O)OP(=O)(O)OP(=O)(O)OC[C@H]3O[C@@H](C)[C@@H](C)C3O)cc1O2. The van der Waals surface area contributed by atoms with E-state index in [1.165, 1.54) is 19.2 Å². The number of phosphoric acid groups is 3. The lowest BCUT2D eigenvalue weighted by molar-refractivity contribution is -0.0167. The molecule has 0 saturated carbocycles. The van der Waals surface area contributed by atoms with Gasteiger partial charge >= 0.3 is 35.4 Å². The molecule has 0 aromatic heterocycles. The first-order valence-electron chi connectivity index (χ1n) is 15.0. The van der Waals surface area contributed by atoms with Crippen molar-refractivity contribution >= 4 is 81.8 Å². The smallest absolute Gasteiger partial charge is 0.495 e. The van der Waals surface area contributed by atoms with Crippen LogP contribution < -0.4 is 14.0 Å². The van der Waals surface area contributed by atoms with Crippen molar-refractivity contribution in [2.75, 3.05) is 13.7 Å². The van der Waals surface area contributed by atoms with Crippen molar-refractivity contribution in [3.63, 3.8) is 0 Å². The fourth-order valence-corrected chi connectivity index (χ4v) is 10.7. The van der Waals surface area contributed by atoms with Gasteiger partial charge in [-0.15, -0.1) is 0 Å². The minimum absolute atomic E-state index is 0.0126. The van der Waals surface area contributed by atoms with E-state index in [2.05, 4.69) is 13.1 Å². The summed E-state index contributed by atoms with van der Waals surface area (Å²) in [5, 5.41) is 18.7. The van der Waals surface area contributed by atoms with Crippen LogP contribution >= 0.6 is 69.9 Å². The molecule has 5 N–H and O–H groups in total. The Bertz CT molecular complexity index is 2260. The van der Waals surface area contributed by atoms with Gasteiger partial charge < -0.3 is 43.5 Å². The molecule has 0 bridgehead atoms. The van der Waals surface area contributed by atoms with E-state index in [1.807, 2.05) is 0 Å². The Morgan fingerprint density at radius 3 is 2.00 bits per heavy atom. The van der Waals surface area contributed by atoms with Crippen LogP contribution in [0.4, 0.5) is 0 Å². The number of esters is 1. The van der Waals surface area contributed by atoms with E-state index < -0.39 is 87.3 Å². The molecule has 3 aliphatic heterocycles. The van der Waals surface area contributed by atoms with E-state index in [1.54, 1.807) is 13.8 Å². The fraction of sp³-hybridized carbons (Fsp3) is 0.310. The first-order valence-corrected chi connectivity index (χ1v) is 21.0. The maximum Gasteiger partial charge on any atom is 0.536 e. The van der Waals surface area contributed by atoms with Crippen LogP contribution in [0, 0.1) is 5.92 Å². The van der Waals surface area contributed by atoms with Crippen LogP contribution in [0.1, 0.15) is 51.3 Å². The van der Waals surface area contributed by atoms with Crippen molar-refractivity contribution in [1.82, 2.24) is 0 Å². The number of fused-ring (bicyclic) bond motifs is 6. The predicted octanol–water partition coefficient (Wildman–Crippen LogP) is 7.09. The number of carbonyl (C=O) groups is 2. The molecule has 3 aliphatic rings. The number of methoxy groups -OCH3 is 1. The summed E-state index contributed by atoms with van der Waals surface area (Å²) in [7, 11) is -16.0. The summed E-state index contributed by atoms with van der Waals surface area (Å²) in [6.07, 6.45) is -2.69. The van der Waals surface area contributed by atoms with Crippen LogP contribution in [-0.4, -0.2) is 68.9 Å². The van der Waals surface area contributed by atoms with E-state index in [0.717, 1.165) is 18.2 Å². The number of hydrogen-bond acceptors (Lipinski definition) is 14. The minimum Gasteiger partial charge on any atom is -0.495 e. The van der Waals surface area contributed by atoms with E-state index >= 15 is 0 Å². The average Bonchev–Trinajstić information content (AvgIpc) is 3.50. The van der Waals surface area contributed by atoms with Gasteiger partial charge in [-0.1, -0.05) is 53.3 Å². The highest BCUT2D eigenvalue weighted by Gasteiger charge is 2.57. The van der Waals surface area contributed by atoms with Gasteiger partial charge in [-0.25, -0.2) is 23.3 Å². The van der Waals surface area contributed by atoms with Crippen molar-refractivity contribution in [2.24, 2.45) is 5.92 Å². The van der Waals surface area contributed by atoms with Crippen molar-refractivity contribution < 1.29 is 84.8 Å². The molecule has 1 spiro atoms. The number of halogens is 4. The largest absolute Gasteiger partial charge is 0.536 e. The summed E-state index contributed by atoms with van der Waals surface area (Å²) in [5.74, 6) is -4.12. The second kappa shape index (κ2) is 14.5. The summed E-state index contributed by atoms with van der Waals surface area (Å²) in [6, 6.07) is 5.40. The number of rotatable bonds is 11. The van der Waals surface area contributed by atoms with Crippen LogP contribution in [-0.2, 0) is 41.9 Å². The second-order valence-corrected chi connectivity index (χ2v) is 18.1. The summed E-state index contributed by atoms with van der Waals surface area (Å²) < 4.78 is 78.6. The Labute approximate surface area is 324 Å². The molecule has 0 radical (unpaired) electrons. The third-order valence-electron chi connectivity index (χ3n) is 8.59. The lowest BCUT2D eigenvalue weighted by Gasteiger charge is -2.37. The molecular weight excluding hydrogens is 871 g/mol. The summed E-state index contributed by atoms with van der Waals surface area (Å²) in [5.41, 5.74) is -3.45. The number of hydrogen-bond donors (Lipinski definition) is 5. The quantitative estimate of drug-likeness (QED) is 0.0950. The summed E-state index contributed by atoms with van der Waals surface area (Å²) in [6.45, 7) is 2.50. The Morgan fingerprint density at radius 2 is 1.44 bits per heavy atom. The first kappa shape index (κ1) is 41.2. The molecule has 8 atom stereocenters. The third-order valence-corrected chi connectivity index (χ3v) is 14.1. The number of benzene rings is 3. The Kier molecular flexibility index (Phi) is 11.0. The minimum atomic E-state index is -5.97. The van der Waals surface area contributed by atoms with E-state index in [9.17, 15) is 48.2 Å². The number of aromatic carboxylic acids is 1. The molecule has 292 valence electrons. The zero-order chi connectivity index (χ0) is 39.9. The molecule has 3 aromatic rings. The van der Waals surface area contributed by atoms with Gasteiger partial charge in [0, 0.05) is 34.7 Å². The molecule has 3 aromatic carbocycles. The van der Waals surface area contributed by atoms with Gasteiger partial charge in [0.25, 0.3) is 0 Å². The number of carboxylic acids is 1. The van der Waals surface area contributed by atoms with Gasteiger partial charge in [-0.3, -0.25) is 9.42 Å². The summed E-state index contributed by atoms with van der Waals surface area (Å²) in [4.78, 5) is 56.2. The summed E-state index contributed by atoms with van der Waals surface area (Å²) >= 11 is 25.9. The van der Waals surface area contributed by atoms with E-state index in [-0.39, 0.29) is 55.5 Å². The highest BCUT2D eigenvalue weighted by molar-refractivity contribution is 7.67. The highest BCUT2D eigenvalue weighted by Crippen LogP contribution is 2.68. The molecule has 0 aliphatic carbocycles. The molecule has 25 heteroatoms. The van der Waals surface area contributed by atoms with Gasteiger partial charge in [0.2, 0.25) is 0 Å². The monoisotopic (exact) mass is 894 g/mol. The maximum atomic E-state index is 13.5. The lowest BCUT2D eigenvalue weighted by Crippen LogP contribution is -2.33. The average molecular weight is 896 g/mol. The normalized spacial score (nSPS) is 26.0. The highest BCUT2D eigenvalue weighted by atomic mass is 35.5. The molecule has 6 rings (SSSR count). The number of aliphatic hydroxyl groups excluding tert-OH is 1. The third kappa shape index (κ3) is 7.40. The fourth-order valence-electron chi connectivity index (χ4n) is 6.05. The second-order valence-electron chi connectivity index (χ2n) is 11.9. The number of phosphoric ester groups is 2. The first-order chi connectivity index (χ1) is 25.0. The van der Waals surface area contributed by atoms with Crippen LogP contribution in [0.3, 0.4) is 0 Å². The molecule has 54 heavy (non-hydrogen) atoms. The maximum absolute atomic E-state index is 13.5. The molecule has 18 nitrogen and oxygen atoms in total. The molecule has 1 fully saturated rings. The van der Waals surface area contributed by atoms with Crippen LogP contribution in [0.5, 0.6) is 23.0 Å². The van der Waals surface area contributed by atoms with Gasteiger partial charge in [0.1, 0.15) is 23.4 Å². The topological polar surface area (TPSA) is 260 Å². The lowest BCUT2D eigenvalue weighted by atomic mass is 9.77. The van der Waals surface area contributed by atoms with Gasteiger partial charge in [-0.05, 0) is 25.1 Å². The Morgan fingerprint density at radius 1 is 0.870 bits per heavy atom. The molecular formula is C29H25Cl4O18P3. The van der Waals surface area contributed by atoms with E-state index in [0.29, 0.717) is 0 Å². The van der Waals surface area contributed by atoms with Gasteiger partial charge in [-0.2, -0.15) is 8.62 Å². The molecule has 3 heterocycles. The molecule has 0 amide bonds. The van der Waals surface area contributed by atoms with Gasteiger partial charge in [0.05, 0.1) is 57.1 Å².